The molecule has 0 heterocycles. The van der Waals surface area contributed by atoms with Gasteiger partial charge in [-0.05, 0) is 55.2 Å². The van der Waals surface area contributed by atoms with Crippen LogP contribution in [0.4, 0.5) is 0 Å². The summed E-state index contributed by atoms with van der Waals surface area (Å²) in [5, 5.41) is 9.98. The van der Waals surface area contributed by atoms with Crippen LogP contribution in [-0.2, 0) is 0 Å². The molecule has 0 bridgehead atoms. The number of carboxylic acid groups (broad SMARTS) is 1. The Hall–Kier alpha value is -3.98. The Morgan fingerprint density at radius 3 is 1.53 bits per heavy atom. The first-order valence-corrected chi connectivity index (χ1v) is 10.5. The Balaban J connectivity index is 2.09. The second kappa shape index (κ2) is 8.64. The van der Waals surface area contributed by atoms with E-state index in [-0.39, 0.29) is 11.3 Å². The molecule has 0 aromatic heterocycles. The Kier molecular flexibility index (Phi) is 5.74. The van der Waals surface area contributed by atoms with E-state index >= 15 is 0 Å². The molecule has 0 aliphatic rings. The van der Waals surface area contributed by atoms with Gasteiger partial charge in [0.2, 0.25) is 0 Å². The van der Waals surface area contributed by atoms with E-state index in [1.807, 2.05) is 93.6 Å². The zero-order valence-electron chi connectivity index (χ0n) is 18.3. The van der Waals surface area contributed by atoms with Gasteiger partial charge in [-0.15, -0.1) is 0 Å². The molecule has 1 N–H and O–H groups in total. The molecule has 3 nitrogen and oxygen atoms in total. The minimum Gasteiger partial charge on any atom is -0.478 e. The molecule has 4 rings (SSSR count). The van der Waals surface area contributed by atoms with Gasteiger partial charge in [0.15, 0.2) is 5.78 Å². The van der Waals surface area contributed by atoms with Crippen molar-refractivity contribution in [3.8, 4) is 22.3 Å². The van der Waals surface area contributed by atoms with Crippen LogP contribution in [-0.4, -0.2) is 16.9 Å². The maximum absolute atomic E-state index is 13.9. The molecule has 4 aromatic rings. The predicted octanol–water partition coefficient (Wildman–Crippen LogP) is 6.88. The first-order valence-electron chi connectivity index (χ1n) is 10.5. The fourth-order valence-corrected chi connectivity index (χ4v) is 4.45. The number of carboxylic acids is 1. The van der Waals surface area contributed by atoms with Crippen molar-refractivity contribution < 1.29 is 14.7 Å². The summed E-state index contributed by atoms with van der Waals surface area (Å²) >= 11 is 0. The summed E-state index contributed by atoms with van der Waals surface area (Å²) in [7, 11) is 0. The number of rotatable bonds is 5. The zero-order chi connectivity index (χ0) is 22.8. The van der Waals surface area contributed by atoms with E-state index in [9.17, 15) is 14.7 Å². The quantitative estimate of drug-likeness (QED) is 0.358. The predicted molar refractivity (Wildman–Crippen MR) is 128 cm³/mol. The molecule has 0 fully saturated rings. The summed E-state index contributed by atoms with van der Waals surface area (Å²) in [6.07, 6.45) is 0. The van der Waals surface area contributed by atoms with E-state index < -0.39 is 5.97 Å². The van der Waals surface area contributed by atoms with Crippen molar-refractivity contribution in [3.05, 3.63) is 118 Å². The average molecular weight is 421 g/mol. The smallest absolute Gasteiger partial charge is 0.336 e. The molecule has 0 amide bonds. The number of ketones is 1. The highest BCUT2D eigenvalue weighted by molar-refractivity contribution is 6.17. The third-order valence-electron chi connectivity index (χ3n) is 5.71. The summed E-state index contributed by atoms with van der Waals surface area (Å²) in [6, 6.07) is 26.1. The summed E-state index contributed by atoms with van der Waals surface area (Å²) in [5.74, 6) is -1.13. The van der Waals surface area contributed by atoms with Gasteiger partial charge in [0.25, 0.3) is 0 Å². The number of hydrogen-bond acceptors (Lipinski definition) is 2. The molecule has 0 saturated carbocycles. The lowest BCUT2D eigenvalue weighted by Crippen LogP contribution is -2.11. The lowest BCUT2D eigenvalue weighted by Gasteiger charge is -2.19. The van der Waals surface area contributed by atoms with E-state index in [0.717, 1.165) is 27.8 Å². The molecule has 0 radical (unpaired) electrons. The van der Waals surface area contributed by atoms with Crippen LogP contribution in [0.5, 0.6) is 0 Å². The molecule has 158 valence electrons. The number of benzene rings is 4. The van der Waals surface area contributed by atoms with Crippen LogP contribution in [0.3, 0.4) is 0 Å². The number of hydrogen-bond donors (Lipinski definition) is 1. The first-order chi connectivity index (χ1) is 15.4. The van der Waals surface area contributed by atoms with Crippen LogP contribution in [0.2, 0.25) is 0 Å². The zero-order valence-corrected chi connectivity index (χ0v) is 18.3. The van der Waals surface area contributed by atoms with E-state index in [1.54, 1.807) is 12.1 Å². The molecule has 0 unspecified atom stereocenters. The molecule has 3 heteroatoms. The van der Waals surface area contributed by atoms with E-state index in [2.05, 4.69) is 0 Å². The third kappa shape index (κ3) is 3.85. The topological polar surface area (TPSA) is 54.4 Å². The number of carbonyl (C=O) groups is 2. The van der Waals surface area contributed by atoms with Crippen molar-refractivity contribution in [2.45, 2.75) is 20.8 Å². The lowest BCUT2D eigenvalue weighted by atomic mass is 9.83. The summed E-state index contributed by atoms with van der Waals surface area (Å²) in [4.78, 5) is 26.1. The fourth-order valence-electron chi connectivity index (χ4n) is 4.45. The van der Waals surface area contributed by atoms with Crippen LogP contribution in [0.1, 0.15) is 43.0 Å². The van der Waals surface area contributed by atoms with Crippen LogP contribution >= 0.6 is 0 Å². The molecular formula is C29H24O3. The van der Waals surface area contributed by atoms with Crippen molar-refractivity contribution in [3.63, 3.8) is 0 Å². The second-order valence-electron chi connectivity index (χ2n) is 8.05. The SMILES string of the molecule is Cc1cc(C)c(C(=O)c2ccc(C(=O)O)c(-c3ccccc3)c2-c2ccccc2)c(C)c1. The standard InChI is InChI=1S/C29H24O3/c1-18-16-19(2)25(20(3)17-18)28(30)23-14-15-24(29(31)32)27(22-12-8-5-9-13-22)26(23)21-10-6-4-7-11-21/h4-17H,1-3H3,(H,31,32). The first kappa shape index (κ1) is 21.3. The third-order valence-corrected chi connectivity index (χ3v) is 5.71. The summed E-state index contributed by atoms with van der Waals surface area (Å²) in [6.45, 7) is 5.90. The van der Waals surface area contributed by atoms with Gasteiger partial charge in [0.05, 0.1) is 5.56 Å². The minimum absolute atomic E-state index is 0.104. The Morgan fingerprint density at radius 1 is 0.625 bits per heavy atom. The lowest BCUT2D eigenvalue weighted by molar-refractivity contribution is 0.0697. The second-order valence-corrected chi connectivity index (χ2v) is 8.05. The monoisotopic (exact) mass is 420 g/mol. The largest absolute Gasteiger partial charge is 0.478 e. The van der Waals surface area contributed by atoms with E-state index in [4.69, 9.17) is 0 Å². The fraction of sp³-hybridized carbons (Fsp3) is 0.103. The highest BCUT2D eigenvalue weighted by Gasteiger charge is 2.25. The number of aryl methyl sites for hydroxylation is 3. The molecule has 0 aliphatic carbocycles. The molecule has 0 atom stereocenters. The number of aromatic carboxylic acids is 1. The number of carbonyl (C=O) groups excluding carboxylic acids is 1. The summed E-state index contributed by atoms with van der Waals surface area (Å²) < 4.78 is 0. The van der Waals surface area contributed by atoms with E-state index in [0.29, 0.717) is 22.3 Å². The highest BCUT2D eigenvalue weighted by Crippen LogP contribution is 2.39. The van der Waals surface area contributed by atoms with Crippen LogP contribution in [0.15, 0.2) is 84.9 Å². The van der Waals surface area contributed by atoms with Gasteiger partial charge in [-0.1, -0.05) is 78.4 Å². The normalized spacial score (nSPS) is 10.7. The van der Waals surface area contributed by atoms with Gasteiger partial charge >= 0.3 is 5.97 Å². The van der Waals surface area contributed by atoms with Crippen molar-refractivity contribution in [2.75, 3.05) is 0 Å². The van der Waals surface area contributed by atoms with Crippen molar-refractivity contribution in [2.24, 2.45) is 0 Å². The van der Waals surface area contributed by atoms with Crippen LogP contribution in [0, 0.1) is 20.8 Å². The van der Waals surface area contributed by atoms with Crippen molar-refractivity contribution in [1.82, 2.24) is 0 Å². The Morgan fingerprint density at radius 2 is 1.06 bits per heavy atom. The minimum atomic E-state index is -1.03. The van der Waals surface area contributed by atoms with Gasteiger partial charge in [0, 0.05) is 22.3 Å². The Labute approximate surface area is 188 Å². The maximum Gasteiger partial charge on any atom is 0.336 e. The van der Waals surface area contributed by atoms with Gasteiger partial charge in [-0.2, -0.15) is 0 Å². The van der Waals surface area contributed by atoms with E-state index in [1.165, 1.54) is 0 Å². The average Bonchev–Trinajstić information content (AvgIpc) is 2.78. The molecule has 0 spiro atoms. The summed E-state index contributed by atoms with van der Waals surface area (Å²) in [5.41, 5.74) is 7.01. The molecule has 4 aromatic carbocycles. The Bertz CT molecular complexity index is 1300. The maximum atomic E-state index is 13.9. The van der Waals surface area contributed by atoms with Gasteiger partial charge in [0.1, 0.15) is 0 Å². The molecule has 32 heavy (non-hydrogen) atoms. The molecule has 0 aliphatic heterocycles. The van der Waals surface area contributed by atoms with Crippen molar-refractivity contribution in [1.29, 1.82) is 0 Å². The van der Waals surface area contributed by atoms with Crippen LogP contribution < -0.4 is 0 Å². The van der Waals surface area contributed by atoms with Gasteiger partial charge in [-0.25, -0.2) is 4.79 Å². The highest BCUT2D eigenvalue weighted by atomic mass is 16.4. The van der Waals surface area contributed by atoms with Gasteiger partial charge < -0.3 is 5.11 Å². The molecular weight excluding hydrogens is 396 g/mol. The molecule has 0 saturated heterocycles. The van der Waals surface area contributed by atoms with Crippen LogP contribution in [0.25, 0.3) is 22.3 Å². The van der Waals surface area contributed by atoms with Crippen molar-refractivity contribution >= 4 is 11.8 Å². The van der Waals surface area contributed by atoms with Gasteiger partial charge in [-0.3, -0.25) is 4.79 Å².